The van der Waals surface area contributed by atoms with Gasteiger partial charge in [-0.25, -0.2) is 0 Å². The first kappa shape index (κ1) is 42.9. The van der Waals surface area contributed by atoms with E-state index in [1.807, 2.05) is 0 Å². The molecule has 0 saturated heterocycles. The third-order valence-corrected chi connectivity index (χ3v) is 14.0. The Bertz CT molecular complexity index is 1140. The number of fused-ring (bicyclic) bond motifs is 5. The maximum Gasteiger partial charge on any atom is 0.307 e. The molecule has 0 aromatic carbocycles. The molecule has 4 fully saturated rings. The van der Waals surface area contributed by atoms with Crippen LogP contribution in [0.1, 0.15) is 143 Å². The SMILES string of the molecule is CCCCCCCCOC(=O)CCC(C)C1CCC2C3C(OC(=O)CCN)CC4CC(OC(O)CCN)CCC4(C)C3CC(OC(=O)CCN)C12C. The van der Waals surface area contributed by atoms with Gasteiger partial charge in [-0.1, -0.05) is 59.8 Å². The standard InChI is InChI=1S/C41H73N3O8/c1-5-6-7-8-9-10-23-49-35(45)14-11-27(2)30-12-13-31-39-32(26-34(41(30,31)4)52-38(48)18-22-44)40(3)19-15-29(50-36(46)16-20-42)24-28(40)25-33(39)51-37(47)17-21-43/h27-34,36,39,46H,5-26,42-44H2,1-4H3. The van der Waals surface area contributed by atoms with Crippen molar-refractivity contribution in [3.05, 3.63) is 0 Å². The second kappa shape index (κ2) is 20.2. The van der Waals surface area contributed by atoms with Gasteiger partial charge in [0.2, 0.25) is 0 Å². The number of carbonyl (C=O) groups is 3. The Morgan fingerprint density at radius 2 is 1.48 bits per heavy atom. The van der Waals surface area contributed by atoms with Gasteiger partial charge in [-0.15, -0.1) is 0 Å². The normalized spacial score (nSPS) is 35.1. The molecular formula is C41H73N3O8. The van der Waals surface area contributed by atoms with E-state index in [1.165, 1.54) is 25.7 Å². The summed E-state index contributed by atoms with van der Waals surface area (Å²) in [6.45, 7) is 10.4. The van der Waals surface area contributed by atoms with Crippen LogP contribution in [0, 0.1) is 46.3 Å². The smallest absolute Gasteiger partial charge is 0.307 e. The molecule has 4 rings (SSSR count). The predicted molar refractivity (Wildman–Crippen MR) is 200 cm³/mol. The summed E-state index contributed by atoms with van der Waals surface area (Å²) in [6, 6.07) is 0. The van der Waals surface area contributed by atoms with Gasteiger partial charge in [0, 0.05) is 37.3 Å². The summed E-state index contributed by atoms with van der Waals surface area (Å²) in [4.78, 5) is 39.2. The average molecular weight is 736 g/mol. The Morgan fingerprint density at radius 1 is 0.788 bits per heavy atom. The second-order valence-electron chi connectivity index (χ2n) is 17.2. The van der Waals surface area contributed by atoms with Gasteiger partial charge < -0.3 is 41.3 Å². The molecule has 11 nitrogen and oxygen atoms in total. The zero-order chi connectivity index (χ0) is 37.9. The molecule has 0 spiro atoms. The van der Waals surface area contributed by atoms with Crippen molar-refractivity contribution in [2.75, 3.05) is 26.2 Å². The van der Waals surface area contributed by atoms with Crippen LogP contribution in [0.2, 0.25) is 0 Å². The van der Waals surface area contributed by atoms with E-state index in [2.05, 4.69) is 27.7 Å². The third-order valence-electron chi connectivity index (χ3n) is 14.0. The van der Waals surface area contributed by atoms with Crippen molar-refractivity contribution in [1.82, 2.24) is 0 Å². The Balaban J connectivity index is 1.55. The van der Waals surface area contributed by atoms with Crippen LogP contribution < -0.4 is 17.2 Å². The molecule has 7 N–H and O–H groups in total. The highest BCUT2D eigenvalue weighted by molar-refractivity contribution is 5.70. The van der Waals surface area contributed by atoms with Crippen LogP contribution in [-0.4, -0.2) is 73.9 Å². The number of ether oxygens (including phenoxy) is 4. The Kier molecular flexibility index (Phi) is 16.7. The quantitative estimate of drug-likeness (QED) is 0.0486. The molecule has 0 aromatic rings. The van der Waals surface area contributed by atoms with Gasteiger partial charge in [-0.05, 0) is 99.3 Å². The van der Waals surface area contributed by atoms with Crippen LogP contribution in [0.3, 0.4) is 0 Å². The van der Waals surface area contributed by atoms with Crippen LogP contribution in [0.25, 0.3) is 0 Å². The summed E-state index contributed by atoms with van der Waals surface area (Å²) in [5.74, 6) is 0.409. The van der Waals surface area contributed by atoms with Gasteiger partial charge in [0.25, 0.3) is 0 Å². The number of esters is 3. The molecule has 0 aliphatic heterocycles. The minimum absolute atomic E-state index is 0.0799. The fraction of sp³-hybridized carbons (Fsp3) is 0.927. The van der Waals surface area contributed by atoms with Crippen molar-refractivity contribution in [2.24, 2.45) is 63.5 Å². The minimum Gasteiger partial charge on any atom is -0.466 e. The number of carbonyl (C=O) groups excluding carboxylic acids is 3. The lowest BCUT2D eigenvalue weighted by Gasteiger charge is -2.64. The molecule has 11 heteroatoms. The number of aliphatic hydroxyl groups excluding tert-OH is 1. The summed E-state index contributed by atoms with van der Waals surface area (Å²) in [5.41, 5.74) is 16.9. The van der Waals surface area contributed by atoms with Gasteiger partial charge >= 0.3 is 17.9 Å². The predicted octanol–water partition coefficient (Wildman–Crippen LogP) is 5.76. The largest absolute Gasteiger partial charge is 0.466 e. The average Bonchev–Trinajstić information content (AvgIpc) is 3.46. The summed E-state index contributed by atoms with van der Waals surface area (Å²) < 4.78 is 24.6. The summed E-state index contributed by atoms with van der Waals surface area (Å²) in [6.07, 6.45) is 12.9. The van der Waals surface area contributed by atoms with Gasteiger partial charge in [0.15, 0.2) is 6.29 Å². The molecule has 0 amide bonds. The lowest BCUT2D eigenvalue weighted by atomic mass is 9.43. The second-order valence-corrected chi connectivity index (χ2v) is 17.2. The molecule has 0 heterocycles. The number of nitrogens with two attached hydrogens (primary N) is 3. The molecular weight excluding hydrogens is 662 g/mol. The van der Waals surface area contributed by atoms with Crippen LogP contribution in [0.15, 0.2) is 0 Å². The molecule has 4 aliphatic rings. The first-order valence-electron chi connectivity index (χ1n) is 20.9. The molecule has 300 valence electrons. The van der Waals surface area contributed by atoms with Crippen molar-refractivity contribution < 1.29 is 38.4 Å². The van der Waals surface area contributed by atoms with Crippen LogP contribution in [0.5, 0.6) is 0 Å². The fourth-order valence-corrected chi connectivity index (χ4v) is 11.3. The number of rotatable bonds is 21. The van der Waals surface area contributed by atoms with E-state index in [0.29, 0.717) is 38.8 Å². The summed E-state index contributed by atoms with van der Waals surface area (Å²) >= 11 is 0. The van der Waals surface area contributed by atoms with E-state index in [-0.39, 0.29) is 108 Å². The van der Waals surface area contributed by atoms with E-state index in [9.17, 15) is 19.5 Å². The molecule has 0 radical (unpaired) electrons. The van der Waals surface area contributed by atoms with Crippen molar-refractivity contribution in [1.29, 1.82) is 0 Å². The first-order chi connectivity index (χ1) is 24.9. The lowest BCUT2D eigenvalue weighted by molar-refractivity contribution is -0.232. The highest BCUT2D eigenvalue weighted by Crippen LogP contribution is 2.69. The zero-order valence-electron chi connectivity index (χ0n) is 32.9. The molecule has 4 saturated carbocycles. The van der Waals surface area contributed by atoms with Gasteiger partial charge in [-0.3, -0.25) is 14.4 Å². The molecule has 12 atom stereocenters. The topological polar surface area (TPSA) is 186 Å². The van der Waals surface area contributed by atoms with E-state index in [0.717, 1.165) is 51.4 Å². The van der Waals surface area contributed by atoms with E-state index in [1.54, 1.807) is 0 Å². The minimum atomic E-state index is -0.893. The molecule has 0 aromatic heterocycles. The molecule has 12 unspecified atom stereocenters. The monoisotopic (exact) mass is 736 g/mol. The van der Waals surface area contributed by atoms with Crippen molar-refractivity contribution in [3.63, 3.8) is 0 Å². The maximum absolute atomic E-state index is 13.2. The van der Waals surface area contributed by atoms with Crippen molar-refractivity contribution in [3.8, 4) is 0 Å². The summed E-state index contributed by atoms with van der Waals surface area (Å²) in [7, 11) is 0. The third kappa shape index (κ3) is 10.3. The van der Waals surface area contributed by atoms with E-state index in [4.69, 9.17) is 36.1 Å². The summed E-state index contributed by atoms with van der Waals surface area (Å²) in [5, 5.41) is 10.4. The maximum atomic E-state index is 13.2. The lowest BCUT2D eigenvalue weighted by Crippen LogP contribution is -2.63. The van der Waals surface area contributed by atoms with Gasteiger partial charge in [0.05, 0.1) is 25.6 Å². The first-order valence-corrected chi connectivity index (χ1v) is 20.9. The Hall–Kier alpha value is -1.79. The number of hydrogen-bond acceptors (Lipinski definition) is 11. The Morgan fingerprint density at radius 3 is 2.17 bits per heavy atom. The van der Waals surface area contributed by atoms with Crippen LogP contribution in [0.4, 0.5) is 0 Å². The van der Waals surface area contributed by atoms with E-state index >= 15 is 0 Å². The van der Waals surface area contributed by atoms with Gasteiger partial charge in [-0.2, -0.15) is 0 Å². The Labute approximate surface area is 313 Å². The van der Waals surface area contributed by atoms with Crippen molar-refractivity contribution in [2.45, 2.75) is 168 Å². The number of aliphatic hydroxyl groups is 1. The van der Waals surface area contributed by atoms with Crippen LogP contribution in [-0.2, 0) is 33.3 Å². The highest BCUT2D eigenvalue weighted by Gasteiger charge is 2.67. The van der Waals surface area contributed by atoms with Gasteiger partial charge in [0.1, 0.15) is 12.2 Å². The molecule has 4 aliphatic carbocycles. The number of unbranched alkanes of at least 4 members (excludes halogenated alkanes) is 5. The highest BCUT2D eigenvalue weighted by atomic mass is 16.6. The zero-order valence-corrected chi connectivity index (χ0v) is 32.9. The van der Waals surface area contributed by atoms with Crippen LogP contribution >= 0.6 is 0 Å². The number of hydrogen-bond donors (Lipinski definition) is 4. The molecule has 0 bridgehead atoms. The van der Waals surface area contributed by atoms with Crippen molar-refractivity contribution >= 4 is 17.9 Å². The van der Waals surface area contributed by atoms with E-state index < -0.39 is 6.29 Å². The molecule has 52 heavy (non-hydrogen) atoms. The fourth-order valence-electron chi connectivity index (χ4n) is 11.3.